The highest BCUT2D eigenvalue weighted by atomic mass is 16.1. The molecule has 4 atom stereocenters. The molecule has 0 unspecified atom stereocenters. The van der Waals surface area contributed by atoms with Crippen LogP contribution in [-0.4, -0.2) is 10.8 Å². The van der Waals surface area contributed by atoms with Gasteiger partial charge in [-0.05, 0) is 35.4 Å². The van der Waals surface area contributed by atoms with E-state index in [0.29, 0.717) is 11.5 Å². The fourth-order valence-corrected chi connectivity index (χ4v) is 5.63. The van der Waals surface area contributed by atoms with Gasteiger partial charge in [-0.3, -0.25) is 9.59 Å². The number of H-pyrrole nitrogens is 1. The van der Waals surface area contributed by atoms with Crippen molar-refractivity contribution in [1.29, 1.82) is 0 Å². The van der Waals surface area contributed by atoms with E-state index < -0.39 is 0 Å². The summed E-state index contributed by atoms with van der Waals surface area (Å²) >= 11 is 0. The summed E-state index contributed by atoms with van der Waals surface area (Å²) in [6.45, 7) is 0. The molecule has 1 saturated carbocycles. The van der Waals surface area contributed by atoms with Crippen LogP contribution in [0.3, 0.4) is 0 Å². The number of hydrogen-bond donors (Lipinski definition) is 1. The van der Waals surface area contributed by atoms with Gasteiger partial charge in [0, 0.05) is 33.9 Å². The Balaban J connectivity index is 1.69. The number of benzene rings is 2. The average molecular weight is 313 g/mol. The summed E-state index contributed by atoms with van der Waals surface area (Å²) in [7, 11) is 0. The maximum absolute atomic E-state index is 13.3. The summed E-state index contributed by atoms with van der Waals surface area (Å²) in [6, 6.07) is 16.1. The Hall–Kier alpha value is -2.68. The van der Waals surface area contributed by atoms with Crippen LogP contribution in [0.2, 0.25) is 0 Å². The Labute approximate surface area is 138 Å². The number of ketones is 1. The molecular formula is C21H15NO2. The molecule has 2 aromatic carbocycles. The molecule has 3 aromatic rings. The quantitative estimate of drug-likeness (QED) is 0.688. The molecule has 0 amide bonds. The third-order valence-corrected chi connectivity index (χ3v) is 6.40. The van der Waals surface area contributed by atoms with E-state index in [-0.39, 0.29) is 29.1 Å². The van der Waals surface area contributed by atoms with Gasteiger partial charge in [0.25, 0.3) is 5.56 Å². The molecule has 0 spiro atoms. The Bertz CT molecular complexity index is 1110. The zero-order valence-electron chi connectivity index (χ0n) is 13.0. The predicted octanol–water partition coefficient (Wildman–Crippen LogP) is 3.71. The topological polar surface area (TPSA) is 49.9 Å². The van der Waals surface area contributed by atoms with E-state index in [1.165, 1.54) is 11.1 Å². The lowest BCUT2D eigenvalue weighted by Crippen LogP contribution is -2.22. The van der Waals surface area contributed by atoms with Crippen LogP contribution < -0.4 is 5.56 Å². The minimum atomic E-state index is -0.0745. The first kappa shape index (κ1) is 12.7. The fraction of sp³-hybridized carbons (Fsp3) is 0.238. The van der Waals surface area contributed by atoms with Gasteiger partial charge in [0.15, 0.2) is 5.78 Å². The molecule has 1 aromatic heterocycles. The summed E-state index contributed by atoms with van der Waals surface area (Å²) in [5.41, 5.74) is 4.79. The number of fused-ring (bicyclic) bond motifs is 12. The van der Waals surface area contributed by atoms with Crippen LogP contribution in [0, 0.1) is 5.92 Å². The van der Waals surface area contributed by atoms with Crippen LogP contribution in [0.15, 0.2) is 53.3 Å². The van der Waals surface area contributed by atoms with Crippen molar-refractivity contribution in [3.8, 4) is 0 Å². The van der Waals surface area contributed by atoms with Crippen molar-refractivity contribution in [2.75, 3.05) is 0 Å². The fourth-order valence-electron chi connectivity index (χ4n) is 5.63. The highest BCUT2D eigenvalue weighted by Gasteiger charge is 2.59. The van der Waals surface area contributed by atoms with Gasteiger partial charge < -0.3 is 4.98 Å². The van der Waals surface area contributed by atoms with Gasteiger partial charge in [-0.1, -0.05) is 42.5 Å². The molecule has 3 aliphatic carbocycles. The van der Waals surface area contributed by atoms with E-state index in [0.717, 1.165) is 22.9 Å². The molecule has 0 saturated heterocycles. The highest BCUT2D eigenvalue weighted by molar-refractivity contribution is 6.13. The monoisotopic (exact) mass is 313 g/mol. The second-order valence-corrected chi connectivity index (χ2v) is 7.28. The molecule has 3 aliphatic rings. The van der Waals surface area contributed by atoms with E-state index in [1.807, 2.05) is 24.3 Å². The van der Waals surface area contributed by atoms with Gasteiger partial charge in [-0.25, -0.2) is 0 Å². The van der Waals surface area contributed by atoms with E-state index in [4.69, 9.17) is 0 Å². The molecule has 1 N–H and O–H groups in total. The summed E-state index contributed by atoms with van der Waals surface area (Å²) in [6.07, 6.45) is 1.01. The van der Waals surface area contributed by atoms with Crippen LogP contribution in [-0.2, 0) is 0 Å². The lowest BCUT2D eigenvalue weighted by Gasteiger charge is -2.26. The minimum Gasteiger partial charge on any atom is -0.322 e. The number of aromatic nitrogens is 1. The molecule has 24 heavy (non-hydrogen) atoms. The Morgan fingerprint density at radius 2 is 1.50 bits per heavy atom. The number of hydrogen-bond acceptors (Lipinski definition) is 2. The molecular weight excluding hydrogens is 298 g/mol. The number of aromatic amines is 1. The first-order chi connectivity index (χ1) is 11.8. The zero-order chi connectivity index (χ0) is 16.0. The predicted molar refractivity (Wildman–Crippen MR) is 91.7 cm³/mol. The lowest BCUT2D eigenvalue weighted by atomic mass is 9.76. The SMILES string of the molecule is O=C1c2c(c(=O)[nH]c3ccccc23)[C@H]2[C@@H]1[C@H]1C[C@@H]2c2ccccc21. The first-order valence-electron chi connectivity index (χ1n) is 8.53. The van der Waals surface area contributed by atoms with Crippen LogP contribution in [0.4, 0.5) is 0 Å². The number of rotatable bonds is 0. The third kappa shape index (κ3) is 1.27. The average Bonchev–Trinajstić information content (AvgIpc) is 3.25. The Kier molecular flexibility index (Phi) is 2.14. The smallest absolute Gasteiger partial charge is 0.252 e. The van der Waals surface area contributed by atoms with Crippen molar-refractivity contribution >= 4 is 16.7 Å². The van der Waals surface area contributed by atoms with Crippen molar-refractivity contribution in [2.24, 2.45) is 5.92 Å². The van der Waals surface area contributed by atoms with E-state index in [1.54, 1.807) is 0 Å². The molecule has 3 nitrogen and oxygen atoms in total. The zero-order valence-corrected chi connectivity index (χ0v) is 13.0. The largest absolute Gasteiger partial charge is 0.322 e. The molecule has 1 heterocycles. The summed E-state index contributed by atoms with van der Waals surface area (Å²) in [5, 5.41) is 0.898. The second-order valence-electron chi connectivity index (χ2n) is 7.28. The summed E-state index contributed by atoms with van der Waals surface area (Å²) in [4.78, 5) is 29.1. The van der Waals surface area contributed by atoms with E-state index in [2.05, 4.69) is 29.2 Å². The van der Waals surface area contributed by atoms with Gasteiger partial charge in [-0.2, -0.15) is 0 Å². The van der Waals surface area contributed by atoms with Crippen LogP contribution in [0.5, 0.6) is 0 Å². The Morgan fingerprint density at radius 1 is 0.833 bits per heavy atom. The van der Waals surface area contributed by atoms with Crippen LogP contribution in [0.25, 0.3) is 10.9 Å². The van der Waals surface area contributed by atoms with Crippen molar-refractivity contribution < 1.29 is 4.79 Å². The van der Waals surface area contributed by atoms with E-state index in [9.17, 15) is 9.59 Å². The molecule has 1 fully saturated rings. The van der Waals surface area contributed by atoms with Gasteiger partial charge >= 0.3 is 0 Å². The third-order valence-electron chi connectivity index (χ3n) is 6.40. The second kappa shape index (κ2) is 4.04. The van der Waals surface area contributed by atoms with Gasteiger partial charge in [0.05, 0.1) is 0 Å². The van der Waals surface area contributed by atoms with Crippen molar-refractivity contribution in [2.45, 2.75) is 24.2 Å². The normalized spacial score (nSPS) is 28.9. The van der Waals surface area contributed by atoms with E-state index >= 15 is 0 Å². The molecule has 0 aliphatic heterocycles. The molecule has 3 heteroatoms. The summed E-state index contributed by atoms with van der Waals surface area (Å²) in [5.74, 6) is 0.768. The van der Waals surface area contributed by atoms with Crippen LogP contribution in [0.1, 0.15) is 51.2 Å². The van der Waals surface area contributed by atoms with Crippen LogP contribution >= 0.6 is 0 Å². The van der Waals surface area contributed by atoms with Gasteiger partial charge in [0.2, 0.25) is 0 Å². The maximum Gasteiger partial charge on any atom is 0.252 e. The minimum absolute atomic E-state index is 0.0493. The standard InChI is InChI=1S/C21H15NO2/c23-20-17-12-7-3-4-8-15(12)22-21(24)19(17)16-13-9-14(18(16)20)11-6-2-1-5-10(11)13/h1-8,13-14,16,18H,9H2,(H,22,24)/t13-,14+,16-,18+/m1/s1. The number of para-hydroxylation sites is 1. The van der Waals surface area contributed by atoms with Crippen molar-refractivity contribution in [1.82, 2.24) is 4.98 Å². The van der Waals surface area contributed by atoms with Crippen molar-refractivity contribution in [3.63, 3.8) is 0 Å². The number of pyridine rings is 1. The first-order valence-corrected chi connectivity index (χ1v) is 8.53. The number of carbonyl (C=O) groups is 1. The van der Waals surface area contributed by atoms with Crippen molar-refractivity contribution in [3.05, 3.63) is 81.1 Å². The highest BCUT2D eigenvalue weighted by Crippen LogP contribution is 2.66. The maximum atomic E-state index is 13.3. The number of nitrogens with one attached hydrogen (secondary N) is 1. The lowest BCUT2D eigenvalue weighted by molar-refractivity contribution is 0.0919. The van der Waals surface area contributed by atoms with Gasteiger partial charge in [0.1, 0.15) is 0 Å². The summed E-state index contributed by atoms with van der Waals surface area (Å²) < 4.78 is 0. The Morgan fingerprint density at radius 3 is 2.29 bits per heavy atom. The number of carbonyl (C=O) groups excluding carboxylic acids is 1. The molecule has 0 radical (unpaired) electrons. The molecule has 2 bridgehead atoms. The molecule has 6 rings (SSSR count). The van der Waals surface area contributed by atoms with Gasteiger partial charge in [-0.15, -0.1) is 0 Å². The molecule has 116 valence electrons. The number of Topliss-reactive ketones (excluding diaryl/α,β-unsaturated/α-hetero) is 1.